The zero-order valence-corrected chi connectivity index (χ0v) is 9.09. The van der Waals surface area contributed by atoms with E-state index in [2.05, 4.69) is 0 Å². The van der Waals surface area contributed by atoms with Crippen molar-refractivity contribution in [1.29, 1.82) is 0 Å². The van der Waals surface area contributed by atoms with Crippen LogP contribution in [0.25, 0.3) is 0 Å². The molecule has 0 aromatic rings. The van der Waals surface area contributed by atoms with Crippen molar-refractivity contribution in [2.45, 2.75) is 52.0 Å². The lowest BCUT2D eigenvalue weighted by Crippen LogP contribution is -2.70. The van der Waals surface area contributed by atoms with Gasteiger partial charge in [0.15, 0.2) is 0 Å². The van der Waals surface area contributed by atoms with E-state index >= 15 is 0 Å². The maximum absolute atomic E-state index is 11.9. The summed E-state index contributed by atoms with van der Waals surface area (Å²) in [5, 5.41) is 0. The third-order valence-corrected chi connectivity index (χ3v) is 3.35. The molecule has 14 heavy (non-hydrogen) atoms. The van der Waals surface area contributed by atoms with E-state index in [-0.39, 0.29) is 17.4 Å². The lowest BCUT2D eigenvalue weighted by atomic mass is 9.73. The Balaban J connectivity index is 2.24. The van der Waals surface area contributed by atoms with E-state index in [1.807, 2.05) is 20.8 Å². The number of hydrogen-bond acceptors (Lipinski definition) is 2. The third kappa shape index (κ3) is 0.983. The molecule has 1 aliphatic carbocycles. The van der Waals surface area contributed by atoms with Crippen LogP contribution in [0.1, 0.15) is 46.5 Å². The summed E-state index contributed by atoms with van der Waals surface area (Å²) in [6, 6.07) is 0. The van der Waals surface area contributed by atoms with Crippen LogP contribution in [0.4, 0.5) is 0 Å². The minimum Gasteiger partial charge on any atom is -0.275 e. The minimum absolute atomic E-state index is 0.0625. The molecule has 0 aromatic heterocycles. The Morgan fingerprint density at radius 2 is 1.50 bits per heavy atom. The molecule has 1 saturated carbocycles. The van der Waals surface area contributed by atoms with Gasteiger partial charge < -0.3 is 0 Å². The summed E-state index contributed by atoms with van der Waals surface area (Å²) in [4.78, 5) is 25.3. The van der Waals surface area contributed by atoms with Gasteiger partial charge in [0.05, 0.1) is 0 Å². The Labute approximate surface area is 84.5 Å². The minimum atomic E-state index is -0.590. The average Bonchev–Trinajstić information content (AvgIpc) is 2.51. The molecule has 1 spiro atoms. The molecule has 2 rings (SSSR count). The Hall–Kier alpha value is -0.860. The second-order valence-electron chi connectivity index (χ2n) is 5.41. The predicted molar refractivity (Wildman–Crippen MR) is 52.5 cm³/mol. The van der Waals surface area contributed by atoms with Crippen molar-refractivity contribution >= 4 is 11.8 Å². The van der Waals surface area contributed by atoms with Crippen molar-refractivity contribution in [2.24, 2.45) is 5.41 Å². The van der Waals surface area contributed by atoms with E-state index in [4.69, 9.17) is 0 Å². The van der Waals surface area contributed by atoms with Crippen LogP contribution in [0.15, 0.2) is 0 Å². The quantitative estimate of drug-likeness (QED) is 0.436. The SMILES string of the molecule is CC(C)(C)N1C(=O)C2(CCCC2)C1=O. The van der Waals surface area contributed by atoms with E-state index in [0.29, 0.717) is 0 Å². The highest BCUT2D eigenvalue weighted by atomic mass is 16.2. The summed E-state index contributed by atoms with van der Waals surface area (Å²) < 4.78 is 0. The van der Waals surface area contributed by atoms with Crippen LogP contribution in [0.5, 0.6) is 0 Å². The first-order valence-corrected chi connectivity index (χ1v) is 5.29. The van der Waals surface area contributed by atoms with Gasteiger partial charge in [-0.05, 0) is 33.6 Å². The van der Waals surface area contributed by atoms with Crippen molar-refractivity contribution in [3.63, 3.8) is 0 Å². The van der Waals surface area contributed by atoms with Crippen molar-refractivity contribution < 1.29 is 9.59 Å². The first-order chi connectivity index (χ1) is 6.39. The molecule has 1 saturated heterocycles. The van der Waals surface area contributed by atoms with Crippen molar-refractivity contribution in [3.8, 4) is 0 Å². The lowest BCUT2D eigenvalue weighted by Gasteiger charge is -2.50. The van der Waals surface area contributed by atoms with Crippen LogP contribution in [0.2, 0.25) is 0 Å². The van der Waals surface area contributed by atoms with Crippen LogP contribution in [0.3, 0.4) is 0 Å². The number of rotatable bonds is 0. The molecule has 0 unspecified atom stereocenters. The molecule has 1 heterocycles. The maximum atomic E-state index is 11.9. The van der Waals surface area contributed by atoms with Gasteiger partial charge in [-0.1, -0.05) is 12.8 Å². The highest BCUT2D eigenvalue weighted by Crippen LogP contribution is 2.49. The standard InChI is InChI=1S/C11H17NO2/c1-10(2,3)12-8(13)11(9(12)14)6-4-5-7-11/h4-7H2,1-3H3. The molecule has 0 N–H and O–H groups in total. The van der Waals surface area contributed by atoms with E-state index in [1.54, 1.807) is 0 Å². The number of likely N-dealkylation sites (tertiary alicyclic amines) is 1. The summed E-state index contributed by atoms with van der Waals surface area (Å²) in [6.45, 7) is 5.72. The van der Waals surface area contributed by atoms with Gasteiger partial charge in [0, 0.05) is 5.54 Å². The van der Waals surface area contributed by atoms with Gasteiger partial charge in [-0.2, -0.15) is 0 Å². The molecule has 1 aliphatic heterocycles. The third-order valence-electron chi connectivity index (χ3n) is 3.35. The normalized spacial score (nSPS) is 25.8. The van der Waals surface area contributed by atoms with Crippen LogP contribution in [-0.2, 0) is 9.59 Å². The van der Waals surface area contributed by atoms with Gasteiger partial charge >= 0.3 is 0 Å². The maximum Gasteiger partial charge on any atom is 0.245 e. The van der Waals surface area contributed by atoms with E-state index in [9.17, 15) is 9.59 Å². The predicted octanol–water partition coefficient (Wildman–Crippen LogP) is 1.71. The largest absolute Gasteiger partial charge is 0.275 e. The van der Waals surface area contributed by atoms with E-state index in [1.165, 1.54) is 4.90 Å². The van der Waals surface area contributed by atoms with Crippen LogP contribution >= 0.6 is 0 Å². The fourth-order valence-electron chi connectivity index (χ4n) is 2.57. The Morgan fingerprint density at radius 1 is 1.07 bits per heavy atom. The second-order valence-corrected chi connectivity index (χ2v) is 5.41. The number of carbonyl (C=O) groups is 2. The van der Waals surface area contributed by atoms with E-state index in [0.717, 1.165) is 25.7 Å². The molecule has 2 aliphatic rings. The summed E-state index contributed by atoms with van der Waals surface area (Å²) >= 11 is 0. The first-order valence-electron chi connectivity index (χ1n) is 5.29. The van der Waals surface area contributed by atoms with Crippen LogP contribution in [-0.4, -0.2) is 22.3 Å². The lowest BCUT2D eigenvalue weighted by molar-refractivity contribution is -0.183. The molecule has 0 radical (unpaired) electrons. The first kappa shape index (κ1) is 9.69. The summed E-state index contributed by atoms with van der Waals surface area (Å²) in [5.74, 6) is 0.125. The second kappa shape index (κ2) is 2.59. The van der Waals surface area contributed by atoms with Crippen LogP contribution in [0, 0.1) is 5.41 Å². The molecule has 0 atom stereocenters. The molecular weight excluding hydrogens is 178 g/mol. The highest BCUT2D eigenvalue weighted by molar-refractivity contribution is 6.22. The number of β-lactam (4-membered cyclic amide) rings is 2. The van der Waals surface area contributed by atoms with Gasteiger partial charge in [0.25, 0.3) is 0 Å². The summed E-state index contributed by atoms with van der Waals surface area (Å²) in [5.41, 5.74) is -0.935. The molecule has 3 heteroatoms. The van der Waals surface area contributed by atoms with Gasteiger partial charge in [0.1, 0.15) is 5.41 Å². The monoisotopic (exact) mass is 195 g/mol. The summed E-state index contributed by atoms with van der Waals surface area (Å²) in [7, 11) is 0. The molecule has 0 bridgehead atoms. The number of carbonyl (C=O) groups excluding carboxylic acids is 2. The molecule has 78 valence electrons. The Morgan fingerprint density at radius 3 is 1.86 bits per heavy atom. The zero-order valence-electron chi connectivity index (χ0n) is 9.09. The highest BCUT2D eigenvalue weighted by Gasteiger charge is 2.63. The smallest absolute Gasteiger partial charge is 0.245 e. The topological polar surface area (TPSA) is 37.4 Å². The van der Waals surface area contributed by atoms with Gasteiger partial charge in [0.2, 0.25) is 11.8 Å². The summed E-state index contributed by atoms with van der Waals surface area (Å²) in [6.07, 6.45) is 3.60. The molecular formula is C11H17NO2. The van der Waals surface area contributed by atoms with Gasteiger partial charge in [-0.15, -0.1) is 0 Å². The van der Waals surface area contributed by atoms with Crippen molar-refractivity contribution in [3.05, 3.63) is 0 Å². The number of imide groups is 1. The molecule has 2 amide bonds. The van der Waals surface area contributed by atoms with Gasteiger partial charge in [-0.3, -0.25) is 14.5 Å². The Bertz CT molecular complexity index is 277. The number of nitrogens with zero attached hydrogens (tertiary/aromatic N) is 1. The fourth-order valence-corrected chi connectivity index (χ4v) is 2.57. The molecule has 3 nitrogen and oxygen atoms in total. The van der Waals surface area contributed by atoms with Gasteiger partial charge in [-0.25, -0.2) is 0 Å². The Kier molecular flexibility index (Phi) is 1.79. The van der Waals surface area contributed by atoms with Crippen molar-refractivity contribution in [1.82, 2.24) is 4.90 Å². The van der Waals surface area contributed by atoms with Crippen LogP contribution < -0.4 is 0 Å². The number of hydrogen-bond donors (Lipinski definition) is 0. The average molecular weight is 195 g/mol. The molecule has 2 fully saturated rings. The number of amides is 2. The van der Waals surface area contributed by atoms with E-state index < -0.39 is 5.41 Å². The fraction of sp³-hybridized carbons (Fsp3) is 0.818. The molecule has 0 aromatic carbocycles. The zero-order chi connectivity index (χ0) is 10.6. The van der Waals surface area contributed by atoms with Crippen molar-refractivity contribution in [2.75, 3.05) is 0 Å².